The van der Waals surface area contributed by atoms with Crippen LogP contribution in [-0.4, -0.2) is 60.1 Å². The van der Waals surface area contributed by atoms with Crippen molar-refractivity contribution in [1.82, 2.24) is 15.0 Å². The number of aliphatic hydroxyl groups excluding tert-OH is 1. The van der Waals surface area contributed by atoms with Crippen molar-refractivity contribution in [2.75, 3.05) is 44.5 Å². The lowest BCUT2D eigenvalue weighted by atomic mass is 10.4. The summed E-state index contributed by atoms with van der Waals surface area (Å²) in [4.78, 5) is 12.3. The number of aromatic nitrogens is 3. The van der Waals surface area contributed by atoms with Crippen LogP contribution in [0.1, 0.15) is 13.3 Å². The molecule has 0 aliphatic heterocycles. The third-order valence-electron chi connectivity index (χ3n) is 2.13. The molecule has 1 aromatic rings. The maximum absolute atomic E-state index is 9.54. The lowest BCUT2D eigenvalue weighted by Crippen LogP contribution is -2.25. The molecule has 1 unspecified atom stereocenters. The summed E-state index contributed by atoms with van der Waals surface area (Å²) in [6.07, 6.45) is 0.246. The van der Waals surface area contributed by atoms with Crippen LogP contribution in [0.5, 0.6) is 6.01 Å². The SMILES string of the molecule is CCCOc1nc(NC)nc(NCC(O)COC)n1. The molecule has 8 nitrogen and oxygen atoms in total. The molecule has 19 heavy (non-hydrogen) atoms. The minimum Gasteiger partial charge on any atom is -0.463 e. The van der Waals surface area contributed by atoms with Gasteiger partial charge in [-0.15, -0.1) is 0 Å². The fraction of sp³-hybridized carbons (Fsp3) is 0.727. The van der Waals surface area contributed by atoms with E-state index < -0.39 is 6.10 Å². The third kappa shape index (κ3) is 5.66. The smallest absolute Gasteiger partial charge is 0.323 e. The van der Waals surface area contributed by atoms with Crippen LogP contribution in [-0.2, 0) is 4.74 Å². The van der Waals surface area contributed by atoms with Gasteiger partial charge in [-0.3, -0.25) is 0 Å². The third-order valence-corrected chi connectivity index (χ3v) is 2.13. The molecule has 8 heteroatoms. The van der Waals surface area contributed by atoms with E-state index in [9.17, 15) is 5.11 Å². The highest BCUT2D eigenvalue weighted by molar-refractivity contribution is 5.35. The van der Waals surface area contributed by atoms with Crippen LogP contribution >= 0.6 is 0 Å². The molecule has 1 heterocycles. The van der Waals surface area contributed by atoms with Crippen LogP contribution in [0.4, 0.5) is 11.9 Å². The first-order chi connectivity index (χ1) is 9.19. The second-order valence-electron chi connectivity index (χ2n) is 3.85. The zero-order valence-electron chi connectivity index (χ0n) is 11.5. The Balaban J connectivity index is 2.65. The van der Waals surface area contributed by atoms with Gasteiger partial charge < -0.3 is 25.2 Å². The van der Waals surface area contributed by atoms with Crippen LogP contribution in [0.2, 0.25) is 0 Å². The van der Waals surface area contributed by atoms with Crippen molar-refractivity contribution >= 4 is 11.9 Å². The molecule has 0 saturated heterocycles. The number of ether oxygens (including phenoxy) is 2. The summed E-state index contributed by atoms with van der Waals surface area (Å²) in [6.45, 7) is 3.07. The highest BCUT2D eigenvalue weighted by atomic mass is 16.5. The lowest BCUT2D eigenvalue weighted by Gasteiger charge is -2.12. The van der Waals surface area contributed by atoms with Gasteiger partial charge in [0, 0.05) is 20.7 Å². The normalized spacial score (nSPS) is 12.0. The molecular weight excluding hydrogens is 250 g/mol. The van der Waals surface area contributed by atoms with Crippen molar-refractivity contribution < 1.29 is 14.6 Å². The van der Waals surface area contributed by atoms with Crippen molar-refractivity contribution in [3.8, 4) is 6.01 Å². The van der Waals surface area contributed by atoms with Gasteiger partial charge in [-0.2, -0.15) is 15.0 Å². The largest absolute Gasteiger partial charge is 0.463 e. The van der Waals surface area contributed by atoms with Gasteiger partial charge in [-0.1, -0.05) is 6.92 Å². The van der Waals surface area contributed by atoms with Crippen molar-refractivity contribution in [2.24, 2.45) is 0 Å². The number of nitrogens with zero attached hydrogens (tertiary/aromatic N) is 3. The molecule has 3 N–H and O–H groups in total. The van der Waals surface area contributed by atoms with Crippen molar-refractivity contribution in [2.45, 2.75) is 19.4 Å². The Morgan fingerprint density at radius 1 is 1.26 bits per heavy atom. The number of hydrogen-bond donors (Lipinski definition) is 3. The second kappa shape index (κ2) is 8.44. The summed E-state index contributed by atoms with van der Waals surface area (Å²) in [6, 6.07) is 0.255. The van der Waals surface area contributed by atoms with E-state index in [-0.39, 0.29) is 19.2 Å². The first kappa shape index (κ1) is 15.4. The number of methoxy groups -OCH3 is 1. The molecule has 0 aliphatic carbocycles. The van der Waals surface area contributed by atoms with Gasteiger partial charge in [0.15, 0.2) is 0 Å². The molecule has 0 radical (unpaired) electrons. The molecule has 1 aromatic heterocycles. The quantitative estimate of drug-likeness (QED) is 0.582. The maximum Gasteiger partial charge on any atom is 0.323 e. The van der Waals surface area contributed by atoms with Crippen LogP contribution in [0.25, 0.3) is 0 Å². The zero-order valence-corrected chi connectivity index (χ0v) is 11.5. The number of nitrogens with one attached hydrogen (secondary N) is 2. The highest BCUT2D eigenvalue weighted by Crippen LogP contribution is 2.10. The standard InChI is InChI=1S/C11H21N5O3/c1-4-5-19-11-15-9(12-2)14-10(16-11)13-6-8(17)7-18-3/h8,17H,4-7H2,1-3H3,(H2,12,13,14,15,16). The van der Waals surface area contributed by atoms with E-state index in [0.29, 0.717) is 18.5 Å². The van der Waals surface area contributed by atoms with Crippen molar-refractivity contribution in [3.05, 3.63) is 0 Å². The molecule has 0 amide bonds. The van der Waals surface area contributed by atoms with Crippen LogP contribution in [0.15, 0.2) is 0 Å². The molecule has 108 valence electrons. The fourth-order valence-corrected chi connectivity index (χ4v) is 1.27. The Hall–Kier alpha value is -1.67. The first-order valence-corrected chi connectivity index (χ1v) is 6.17. The fourth-order valence-electron chi connectivity index (χ4n) is 1.27. The topological polar surface area (TPSA) is 101 Å². The number of anilines is 2. The Kier molecular flexibility index (Phi) is 6.83. The van der Waals surface area contributed by atoms with Crippen molar-refractivity contribution in [3.63, 3.8) is 0 Å². The van der Waals surface area contributed by atoms with Gasteiger partial charge in [0.2, 0.25) is 11.9 Å². The van der Waals surface area contributed by atoms with Gasteiger partial charge >= 0.3 is 6.01 Å². The molecular formula is C11H21N5O3. The van der Waals surface area contributed by atoms with Crippen molar-refractivity contribution in [1.29, 1.82) is 0 Å². The summed E-state index contributed by atoms with van der Waals surface area (Å²) in [5.74, 6) is 0.755. The average molecular weight is 271 g/mol. The predicted molar refractivity (Wildman–Crippen MR) is 71.5 cm³/mol. The van der Waals surface area contributed by atoms with E-state index in [1.54, 1.807) is 7.05 Å². The van der Waals surface area contributed by atoms with Gasteiger partial charge in [-0.25, -0.2) is 0 Å². The Morgan fingerprint density at radius 2 is 2.00 bits per heavy atom. The first-order valence-electron chi connectivity index (χ1n) is 6.17. The van der Waals surface area contributed by atoms with E-state index in [2.05, 4.69) is 25.6 Å². The highest BCUT2D eigenvalue weighted by Gasteiger charge is 2.08. The summed E-state index contributed by atoms with van der Waals surface area (Å²) in [7, 11) is 3.24. The molecule has 1 atom stereocenters. The lowest BCUT2D eigenvalue weighted by molar-refractivity contribution is 0.0726. The van der Waals surface area contributed by atoms with E-state index in [1.165, 1.54) is 7.11 Å². The molecule has 1 rings (SSSR count). The summed E-state index contributed by atoms with van der Waals surface area (Å²) >= 11 is 0. The number of aliphatic hydroxyl groups is 1. The summed E-state index contributed by atoms with van der Waals surface area (Å²) < 4.78 is 10.2. The van der Waals surface area contributed by atoms with E-state index in [0.717, 1.165) is 6.42 Å². The van der Waals surface area contributed by atoms with Gasteiger partial charge in [0.1, 0.15) is 0 Å². The Labute approximate surface area is 112 Å². The van der Waals surface area contributed by atoms with Crippen LogP contribution in [0.3, 0.4) is 0 Å². The molecule has 0 aromatic carbocycles. The Morgan fingerprint density at radius 3 is 2.63 bits per heavy atom. The summed E-state index contributed by atoms with van der Waals surface area (Å²) in [5.41, 5.74) is 0. The minimum absolute atomic E-state index is 0.246. The minimum atomic E-state index is -0.625. The maximum atomic E-state index is 9.54. The molecule has 0 bridgehead atoms. The van der Waals surface area contributed by atoms with Gasteiger partial charge in [0.05, 0.1) is 19.3 Å². The van der Waals surface area contributed by atoms with Gasteiger partial charge in [0.25, 0.3) is 0 Å². The molecule has 0 saturated carbocycles. The monoisotopic (exact) mass is 271 g/mol. The number of hydrogen-bond acceptors (Lipinski definition) is 8. The van der Waals surface area contributed by atoms with E-state index in [4.69, 9.17) is 9.47 Å². The molecule has 0 aliphatic rings. The average Bonchev–Trinajstić information content (AvgIpc) is 2.43. The van der Waals surface area contributed by atoms with Crippen LogP contribution in [0, 0.1) is 0 Å². The predicted octanol–water partition coefficient (Wildman–Crippen LogP) is 0.121. The molecule has 0 spiro atoms. The molecule has 0 fully saturated rings. The van der Waals surface area contributed by atoms with Gasteiger partial charge in [-0.05, 0) is 6.42 Å². The second-order valence-corrected chi connectivity index (χ2v) is 3.85. The van der Waals surface area contributed by atoms with E-state index in [1.807, 2.05) is 6.92 Å². The summed E-state index contributed by atoms with van der Waals surface area (Å²) in [5, 5.41) is 15.3. The number of rotatable bonds is 9. The van der Waals surface area contributed by atoms with Crippen LogP contribution < -0.4 is 15.4 Å². The zero-order chi connectivity index (χ0) is 14.1. The van der Waals surface area contributed by atoms with E-state index >= 15 is 0 Å². The Bertz CT molecular complexity index is 377.